The SMILES string of the molecule is COC(=O)CCCOc1cc([N+](=O)[O-])c(C(C)OC)cc1OC. The molecular weight excluding hydrogens is 306 g/mol. The van der Waals surface area contributed by atoms with Gasteiger partial charge < -0.3 is 18.9 Å². The van der Waals surface area contributed by atoms with Crippen molar-refractivity contribution in [3.63, 3.8) is 0 Å². The number of carbonyl (C=O) groups excluding carboxylic acids is 1. The Morgan fingerprint density at radius 3 is 2.48 bits per heavy atom. The van der Waals surface area contributed by atoms with Gasteiger partial charge in [0.25, 0.3) is 5.69 Å². The molecule has 1 aromatic carbocycles. The summed E-state index contributed by atoms with van der Waals surface area (Å²) in [5, 5.41) is 11.2. The van der Waals surface area contributed by atoms with Gasteiger partial charge in [-0.1, -0.05) is 0 Å². The fourth-order valence-corrected chi connectivity index (χ4v) is 1.95. The summed E-state index contributed by atoms with van der Waals surface area (Å²) < 4.78 is 20.4. The van der Waals surface area contributed by atoms with Crippen molar-refractivity contribution in [1.29, 1.82) is 0 Å². The summed E-state index contributed by atoms with van der Waals surface area (Å²) in [7, 11) is 4.23. The van der Waals surface area contributed by atoms with E-state index in [1.807, 2.05) is 0 Å². The highest BCUT2D eigenvalue weighted by Gasteiger charge is 2.23. The number of nitro groups is 1. The molecule has 0 saturated carbocycles. The minimum Gasteiger partial charge on any atom is -0.493 e. The fourth-order valence-electron chi connectivity index (χ4n) is 1.95. The lowest BCUT2D eigenvalue weighted by molar-refractivity contribution is -0.386. The molecule has 0 spiro atoms. The molecule has 0 aliphatic heterocycles. The maximum atomic E-state index is 11.2. The highest BCUT2D eigenvalue weighted by atomic mass is 16.6. The van der Waals surface area contributed by atoms with Crippen LogP contribution in [0.5, 0.6) is 11.5 Å². The molecule has 0 aliphatic rings. The Morgan fingerprint density at radius 1 is 1.26 bits per heavy atom. The maximum absolute atomic E-state index is 11.2. The van der Waals surface area contributed by atoms with Crippen LogP contribution in [-0.4, -0.2) is 38.8 Å². The van der Waals surface area contributed by atoms with Crippen molar-refractivity contribution in [3.05, 3.63) is 27.8 Å². The summed E-state index contributed by atoms with van der Waals surface area (Å²) in [6.07, 6.45) is 0.178. The van der Waals surface area contributed by atoms with Gasteiger partial charge in [-0.15, -0.1) is 0 Å². The number of esters is 1. The molecule has 0 radical (unpaired) electrons. The average molecular weight is 327 g/mol. The summed E-state index contributed by atoms with van der Waals surface area (Å²) in [4.78, 5) is 21.8. The number of hydrogen-bond donors (Lipinski definition) is 0. The van der Waals surface area contributed by atoms with Crippen molar-refractivity contribution in [2.24, 2.45) is 0 Å². The van der Waals surface area contributed by atoms with Crippen molar-refractivity contribution >= 4 is 11.7 Å². The van der Waals surface area contributed by atoms with E-state index < -0.39 is 11.0 Å². The lowest BCUT2D eigenvalue weighted by Gasteiger charge is -2.15. The second kappa shape index (κ2) is 8.94. The fraction of sp³-hybridized carbons (Fsp3) is 0.533. The van der Waals surface area contributed by atoms with E-state index in [0.29, 0.717) is 17.7 Å². The molecule has 0 fully saturated rings. The molecule has 1 atom stereocenters. The molecule has 23 heavy (non-hydrogen) atoms. The third-order valence-electron chi connectivity index (χ3n) is 3.31. The molecular formula is C15H21NO7. The van der Waals surface area contributed by atoms with Crippen molar-refractivity contribution in [2.45, 2.75) is 25.9 Å². The number of rotatable bonds is 9. The van der Waals surface area contributed by atoms with Gasteiger partial charge in [-0.2, -0.15) is 0 Å². The van der Waals surface area contributed by atoms with Crippen LogP contribution < -0.4 is 9.47 Å². The second-order valence-electron chi connectivity index (χ2n) is 4.73. The molecule has 1 rings (SSSR count). The largest absolute Gasteiger partial charge is 0.493 e. The van der Waals surface area contributed by atoms with Crippen LogP contribution in [0.2, 0.25) is 0 Å². The van der Waals surface area contributed by atoms with Gasteiger partial charge >= 0.3 is 5.97 Å². The third-order valence-corrected chi connectivity index (χ3v) is 3.31. The molecule has 0 amide bonds. The third kappa shape index (κ3) is 5.10. The van der Waals surface area contributed by atoms with Crippen molar-refractivity contribution in [3.8, 4) is 11.5 Å². The lowest BCUT2D eigenvalue weighted by atomic mass is 10.1. The molecule has 1 unspecified atom stereocenters. The van der Waals surface area contributed by atoms with E-state index in [1.54, 1.807) is 6.92 Å². The topological polar surface area (TPSA) is 97.1 Å². The van der Waals surface area contributed by atoms with Gasteiger partial charge in [0, 0.05) is 13.5 Å². The highest BCUT2D eigenvalue weighted by Crippen LogP contribution is 2.38. The van der Waals surface area contributed by atoms with E-state index in [-0.39, 0.29) is 30.4 Å². The van der Waals surface area contributed by atoms with E-state index in [0.717, 1.165) is 0 Å². The molecule has 0 saturated heterocycles. The Morgan fingerprint density at radius 2 is 1.96 bits per heavy atom. The Labute approximate surface area is 134 Å². The minimum atomic E-state index is -0.494. The van der Waals surface area contributed by atoms with Crippen LogP contribution in [0.25, 0.3) is 0 Å². The monoisotopic (exact) mass is 327 g/mol. The zero-order valence-electron chi connectivity index (χ0n) is 13.7. The number of carbonyl (C=O) groups is 1. The van der Waals surface area contributed by atoms with Gasteiger partial charge in [0.1, 0.15) is 0 Å². The van der Waals surface area contributed by atoms with Crippen LogP contribution in [0.4, 0.5) is 5.69 Å². The quantitative estimate of drug-likeness (QED) is 0.297. The normalized spacial score (nSPS) is 11.7. The minimum absolute atomic E-state index is 0.108. The first-order valence-corrected chi connectivity index (χ1v) is 7.03. The molecule has 8 nitrogen and oxygen atoms in total. The molecule has 0 N–H and O–H groups in total. The Hall–Kier alpha value is -2.35. The van der Waals surface area contributed by atoms with E-state index in [2.05, 4.69) is 4.74 Å². The molecule has 0 heterocycles. The van der Waals surface area contributed by atoms with Crippen LogP contribution >= 0.6 is 0 Å². The molecule has 1 aromatic rings. The number of nitro benzene ring substituents is 1. The molecule has 0 bridgehead atoms. The maximum Gasteiger partial charge on any atom is 0.305 e. The first-order valence-electron chi connectivity index (χ1n) is 7.03. The molecule has 0 aliphatic carbocycles. The van der Waals surface area contributed by atoms with E-state index >= 15 is 0 Å². The van der Waals surface area contributed by atoms with Gasteiger partial charge in [-0.3, -0.25) is 14.9 Å². The van der Waals surface area contributed by atoms with E-state index in [4.69, 9.17) is 14.2 Å². The van der Waals surface area contributed by atoms with Crippen LogP contribution in [0.1, 0.15) is 31.4 Å². The molecule has 128 valence electrons. The summed E-state index contributed by atoms with van der Waals surface area (Å²) in [5.41, 5.74) is 0.291. The summed E-state index contributed by atoms with van der Waals surface area (Å²) >= 11 is 0. The van der Waals surface area contributed by atoms with Gasteiger partial charge in [-0.05, 0) is 19.4 Å². The van der Waals surface area contributed by atoms with Crippen molar-refractivity contribution < 1.29 is 28.7 Å². The number of methoxy groups -OCH3 is 3. The predicted molar refractivity (Wildman–Crippen MR) is 81.8 cm³/mol. The lowest BCUT2D eigenvalue weighted by Crippen LogP contribution is -2.07. The summed E-state index contributed by atoms with van der Waals surface area (Å²) in [6.45, 7) is 1.92. The first-order chi connectivity index (χ1) is 10.9. The first kappa shape index (κ1) is 18.7. The Bertz CT molecular complexity index is 559. The summed E-state index contributed by atoms with van der Waals surface area (Å²) in [6, 6.07) is 2.84. The van der Waals surface area contributed by atoms with Crippen LogP contribution in [0.3, 0.4) is 0 Å². The average Bonchev–Trinajstić information content (AvgIpc) is 2.56. The second-order valence-corrected chi connectivity index (χ2v) is 4.73. The van der Waals surface area contributed by atoms with Crippen LogP contribution in [0, 0.1) is 10.1 Å². The van der Waals surface area contributed by atoms with Crippen LogP contribution in [0.15, 0.2) is 12.1 Å². The van der Waals surface area contributed by atoms with Crippen molar-refractivity contribution in [2.75, 3.05) is 27.9 Å². The van der Waals surface area contributed by atoms with E-state index in [9.17, 15) is 14.9 Å². The van der Waals surface area contributed by atoms with E-state index in [1.165, 1.54) is 33.5 Å². The Balaban J connectivity index is 2.96. The van der Waals surface area contributed by atoms with Gasteiger partial charge in [-0.25, -0.2) is 0 Å². The molecule has 8 heteroatoms. The van der Waals surface area contributed by atoms with Gasteiger partial charge in [0.2, 0.25) is 0 Å². The van der Waals surface area contributed by atoms with Gasteiger partial charge in [0.15, 0.2) is 11.5 Å². The number of hydrogen-bond acceptors (Lipinski definition) is 7. The zero-order chi connectivity index (χ0) is 17.4. The predicted octanol–water partition coefficient (Wildman–Crippen LogP) is 2.64. The number of nitrogens with zero attached hydrogens (tertiary/aromatic N) is 1. The number of ether oxygens (including phenoxy) is 4. The number of benzene rings is 1. The smallest absolute Gasteiger partial charge is 0.305 e. The Kier molecular flexibility index (Phi) is 7.27. The highest BCUT2D eigenvalue weighted by molar-refractivity contribution is 5.69. The molecule has 0 aromatic heterocycles. The van der Waals surface area contributed by atoms with Gasteiger partial charge in [0.05, 0.1) is 43.5 Å². The van der Waals surface area contributed by atoms with Crippen molar-refractivity contribution in [1.82, 2.24) is 0 Å². The zero-order valence-corrected chi connectivity index (χ0v) is 13.7. The van der Waals surface area contributed by atoms with Crippen LogP contribution in [-0.2, 0) is 14.3 Å². The standard InChI is InChI=1S/C15H21NO7/c1-10(20-2)11-8-13(21-3)14(9-12(11)16(18)19)23-7-5-6-15(17)22-4/h8-10H,5-7H2,1-4H3. The summed E-state index contributed by atoms with van der Waals surface area (Å²) in [5.74, 6) is 0.277.